The predicted molar refractivity (Wildman–Crippen MR) is 84.4 cm³/mol. The zero-order chi connectivity index (χ0) is 16.4. The number of halogens is 1. The molecule has 0 radical (unpaired) electrons. The summed E-state index contributed by atoms with van der Waals surface area (Å²) in [4.78, 5) is 14.1. The van der Waals surface area contributed by atoms with Gasteiger partial charge in [0.15, 0.2) is 0 Å². The SMILES string of the molecule is CCOC(=O)N1CC[C@]2(O)CCCC[C@H]2[C@@H]1c1ccc(F)cc1. The van der Waals surface area contributed by atoms with Gasteiger partial charge in [-0.3, -0.25) is 0 Å². The highest BCUT2D eigenvalue weighted by Gasteiger charge is 2.50. The lowest BCUT2D eigenvalue weighted by molar-refractivity contribution is -0.118. The number of piperidine rings is 1. The van der Waals surface area contributed by atoms with E-state index in [1.54, 1.807) is 24.0 Å². The molecule has 3 atom stereocenters. The second kappa shape index (κ2) is 6.48. The Morgan fingerprint density at radius 2 is 2.09 bits per heavy atom. The van der Waals surface area contributed by atoms with Crippen molar-refractivity contribution in [3.63, 3.8) is 0 Å². The number of rotatable bonds is 2. The average Bonchev–Trinajstić information content (AvgIpc) is 2.54. The zero-order valence-corrected chi connectivity index (χ0v) is 13.5. The summed E-state index contributed by atoms with van der Waals surface area (Å²) in [6.45, 7) is 2.57. The Kier molecular flexibility index (Phi) is 4.57. The molecule has 1 aromatic carbocycles. The molecule has 0 bridgehead atoms. The standard InChI is InChI=1S/C18H24FNO3/c1-2-23-17(21)20-12-11-18(22)10-4-3-5-15(18)16(20)13-6-8-14(19)9-7-13/h6-9,15-16,22H,2-5,10-12H2,1H3/t15-,16-,18+/m0/s1. The molecule has 1 heterocycles. The quantitative estimate of drug-likeness (QED) is 0.904. The van der Waals surface area contributed by atoms with E-state index in [1.807, 2.05) is 0 Å². The minimum Gasteiger partial charge on any atom is -0.450 e. The molecular formula is C18H24FNO3. The minimum atomic E-state index is -0.736. The molecule has 5 heteroatoms. The molecule has 1 aromatic rings. The maximum atomic E-state index is 13.3. The summed E-state index contributed by atoms with van der Waals surface area (Å²) in [5.74, 6) is -0.328. The van der Waals surface area contributed by atoms with Gasteiger partial charge in [0.25, 0.3) is 0 Å². The van der Waals surface area contributed by atoms with Gasteiger partial charge in [-0.2, -0.15) is 0 Å². The van der Waals surface area contributed by atoms with Crippen molar-refractivity contribution in [2.45, 2.75) is 50.7 Å². The van der Waals surface area contributed by atoms with Crippen LogP contribution in [0.4, 0.5) is 9.18 Å². The van der Waals surface area contributed by atoms with Crippen LogP contribution in [0.25, 0.3) is 0 Å². The maximum absolute atomic E-state index is 13.3. The van der Waals surface area contributed by atoms with Crippen LogP contribution in [0.5, 0.6) is 0 Å². The fourth-order valence-corrected chi connectivity index (χ4v) is 4.17. The summed E-state index contributed by atoms with van der Waals surface area (Å²) < 4.78 is 18.5. The van der Waals surface area contributed by atoms with Crippen LogP contribution in [0.2, 0.25) is 0 Å². The van der Waals surface area contributed by atoms with Crippen LogP contribution in [-0.4, -0.2) is 34.9 Å². The molecule has 1 amide bonds. The van der Waals surface area contributed by atoms with Gasteiger partial charge in [-0.25, -0.2) is 9.18 Å². The first-order chi connectivity index (χ1) is 11.0. The lowest BCUT2D eigenvalue weighted by Gasteiger charge is -2.52. The second-order valence-electron chi connectivity index (χ2n) is 6.59. The van der Waals surface area contributed by atoms with Crippen molar-refractivity contribution >= 4 is 6.09 Å². The van der Waals surface area contributed by atoms with E-state index in [1.165, 1.54) is 12.1 Å². The molecule has 3 rings (SSSR count). The normalized spacial score (nSPS) is 30.7. The number of nitrogens with zero attached hydrogens (tertiary/aromatic N) is 1. The first kappa shape index (κ1) is 16.2. The summed E-state index contributed by atoms with van der Waals surface area (Å²) in [6, 6.07) is 6.00. The molecule has 1 aliphatic heterocycles. The topological polar surface area (TPSA) is 49.8 Å². The molecule has 23 heavy (non-hydrogen) atoms. The van der Waals surface area contributed by atoms with E-state index >= 15 is 0 Å². The number of hydrogen-bond acceptors (Lipinski definition) is 3. The van der Waals surface area contributed by atoms with E-state index in [9.17, 15) is 14.3 Å². The fraction of sp³-hybridized carbons (Fsp3) is 0.611. The van der Waals surface area contributed by atoms with Gasteiger partial charge >= 0.3 is 6.09 Å². The smallest absolute Gasteiger partial charge is 0.410 e. The van der Waals surface area contributed by atoms with E-state index in [0.717, 1.165) is 31.2 Å². The summed E-state index contributed by atoms with van der Waals surface area (Å²) in [7, 11) is 0. The van der Waals surface area contributed by atoms with Crippen LogP contribution < -0.4 is 0 Å². The van der Waals surface area contributed by atoms with E-state index in [0.29, 0.717) is 19.6 Å². The number of aliphatic hydroxyl groups is 1. The van der Waals surface area contributed by atoms with Gasteiger partial charge in [0.2, 0.25) is 0 Å². The van der Waals surface area contributed by atoms with Gasteiger partial charge in [0.05, 0.1) is 18.2 Å². The van der Waals surface area contributed by atoms with E-state index in [4.69, 9.17) is 4.74 Å². The Balaban J connectivity index is 1.97. The van der Waals surface area contributed by atoms with Gasteiger partial charge in [0, 0.05) is 12.5 Å². The molecule has 1 N–H and O–H groups in total. The van der Waals surface area contributed by atoms with Gasteiger partial charge in [0.1, 0.15) is 5.82 Å². The molecule has 0 aromatic heterocycles. The van der Waals surface area contributed by atoms with E-state index < -0.39 is 5.60 Å². The van der Waals surface area contributed by atoms with E-state index in [-0.39, 0.29) is 23.9 Å². The lowest BCUT2D eigenvalue weighted by Crippen LogP contribution is -2.56. The van der Waals surface area contributed by atoms with Crippen molar-refractivity contribution in [1.82, 2.24) is 4.90 Å². The number of fused-ring (bicyclic) bond motifs is 1. The molecule has 126 valence electrons. The molecule has 1 saturated heterocycles. The molecule has 0 unspecified atom stereocenters. The highest BCUT2D eigenvalue weighted by molar-refractivity contribution is 5.68. The molecule has 1 saturated carbocycles. The molecule has 0 spiro atoms. The van der Waals surface area contributed by atoms with Crippen molar-refractivity contribution in [2.24, 2.45) is 5.92 Å². The van der Waals surface area contributed by atoms with Crippen molar-refractivity contribution in [2.75, 3.05) is 13.2 Å². The summed E-state index contributed by atoms with van der Waals surface area (Å²) in [6.07, 6.45) is 3.92. The Bertz CT molecular complexity index is 562. The first-order valence-corrected chi connectivity index (χ1v) is 8.46. The molecule has 4 nitrogen and oxygen atoms in total. The van der Waals surface area contributed by atoms with Crippen molar-refractivity contribution in [3.8, 4) is 0 Å². The first-order valence-electron chi connectivity index (χ1n) is 8.46. The van der Waals surface area contributed by atoms with Crippen LogP contribution in [-0.2, 0) is 4.74 Å². The average molecular weight is 321 g/mol. The summed E-state index contributed by atoms with van der Waals surface area (Å²) in [5, 5.41) is 11.1. The van der Waals surface area contributed by atoms with E-state index in [2.05, 4.69) is 0 Å². The number of benzene rings is 1. The highest BCUT2D eigenvalue weighted by Crippen LogP contribution is 2.49. The van der Waals surface area contributed by atoms with Crippen molar-refractivity contribution < 1.29 is 19.0 Å². The number of carbonyl (C=O) groups is 1. The van der Waals surface area contributed by atoms with Gasteiger partial charge in [-0.05, 0) is 43.9 Å². The number of amides is 1. The third-order valence-corrected chi connectivity index (χ3v) is 5.28. The number of likely N-dealkylation sites (tertiary alicyclic amines) is 1. The van der Waals surface area contributed by atoms with Gasteiger partial charge in [-0.15, -0.1) is 0 Å². The molecule has 1 aliphatic carbocycles. The van der Waals surface area contributed by atoms with Crippen LogP contribution in [0.15, 0.2) is 24.3 Å². The van der Waals surface area contributed by atoms with Crippen LogP contribution in [0.1, 0.15) is 50.6 Å². The number of ether oxygens (including phenoxy) is 1. The highest BCUT2D eigenvalue weighted by atomic mass is 19.1. The summed E-state index contributed by atoms with van der Waals surface area (Å²) in [5.41, 5.74) is 0.129. The fourth-order valence-electron chi connectivity index (χ4n) is 4.17. The van der Waals surface area contributed by atoms with Crippen LogP contribution in [0, 0.1) is 11.7 Å². The van der Waals surface area contributed by atoms with Crippen molar-refractivity contribution in [3.05, 3.63) is 35.6 Å². The molecule has 2 aliphatic rings. The van der Waals surface area contributed by atoms with Gasteiger partial charge in [-0.1, -0.05) is 25.0 Å². The third kappa shape index (κ3) is 3.07. The van der Waals surface area contributed by atoms with Crippen LogP contribution >= 0.6 is 0 Å². The Hall–Kier alpha value is -1.62. The predicted octanol–water partition coefficient (Wildman–Crippen LogP) is 3.65. The molecule has 2 fully saturated rings. The summed E-state index contributed by atoms with van der Waals surface area (Å²) >= 11 is 0. The van der Waals surface area contributed by atoms with Gasteiger partial charge < -0.3 is 14.7 Å². The largest absolute Gasteiger partial charge is 0.450 e. The number of carbonyl (C=O) groups excluding carboxylic acids is 1. The number of hydrogen-bond donors (Lipinski definition) is 1. The second-order valence-corrected chi connectivity index (χ2v) is 6.59. The minimum absolute atomic E-state index is 0.0279. The Labute approximate surface area is 136 Å². The Morgan fingerprint density at radius 3 is 2.78 bits per heavy atom. The lowest BCUT2D eigenvalue weighted by atomic mass is 9.66. The van der Waals surface area contributed by atoms with Crippen molar-refractivity contribution in [1.29, 1.82) is 0 Å². The Morgan fingerprint density at radius 1 is 1.35 bits per heavy atom. The third-order valence-electron chi connectivity index (χ3n) is 5.28. The molecular weight excluding hydrogens is 297 g/mol. The zero-order valence-electron chi connectivity index (χ0n) is 13.5. The maximum Gasteiger partial charge on any atom is 0.410 e. The monoisotopic (exact) mass is 321 g/mol. The van der Waals surface area contributed by atoms with Crippen LogP contribution in [0.3, 0.4) is 0 Å².